The molecule has 0 aliphatic heterocycles. The number of nitrogens with one attached hydrogen (secondary N) is 1. The normalized spacial score (nSPS) is 12.8. The van der Waals surface area contributed by atoms with Crippen LogP contribution in [0.25, 0.3) is 0 Å². The van der Waals surface area contributed by atoms with Gasteiger partial charge in [0.2, 0.25) is 0 Å². The molecule has 0 aliphatic carbocycles. The summed E-state index contributed by atoms with van der Waals surface area (Å²) in [7, 11) is 2.08. The van der Waals surface area contributed by atoms with Crippen molar-refractivity contribution in [3.05, 3.63) is 18.0 Å². The number of aryl methyl sites for hydroxylation is 1. The summed E-state index contributed by atoms with van der Waals surface area (Å²) in [6.07, 6.45) is 16.3. The van der Waals surface area contributed by atoms with Gasteiger partial charge in [0.25, 0.3) is 0 Å². The molecule has 0 saturated heterocycles. The predicted molar refractivity (Wildman–Crippen MR) is 87.1 cm³/mol. The van der Waals surface area contributed by atoms with Crippen LogP contribution in [0.2, 0.25) is 0 Å². The summed E-state index contributed by atoms with van der Waals surface area (Å²) >= 11 is 0. The molecule has 0 fully saturated rings. The molecule has 20 heavy (non-hydrogen) atoms. The van der Waals surface area contributed by atoms with Gasteiger partial charge in [-0.2, -0.15) is 5.10 Å². The summed E-state index contributed by atoms with van der Waals surface area (Å²) < 4.78 is 2.01. The Balaban J connectivity index is 2.13. The van der Waals surface area contributed by atoms with E-state index in [9.17, 15) is 0 Å². The van der Waals surface area contributed by atoms with Gasteiger partial charge >= 0.3 is 0 Å². The van der Waals surface area contributed by atoms with Crippen molar-refractivity contribution >= 4 is 0 Å². The fraction of sp³-hybridized carbons (Fsp3) is 0.824. The fourth-order valence-corrected chi connectivity index (χ4v) is 2.67. The number of hydrogen-bond acceptors (Lipinski definition) is 2. The highest BCUT2D eigenvalue weighted by Crippen LogP contribution is 2.12. The zero-order chi connectivity index (χ0) is 14.6. The minimum absolute atomic E-state index is 0.597. The summed E-state index contributed by atoms with van der Waals surface area (Å²) in [6.45, 7) is 5.37. The standard InChI is InChI=1S/C17H33N3/c1-4-6-7-8-9-10-11-12-17(18-3)13-16-14-19-20(5-2)15-16/h14-15,17-18H,4-13H2,1-3H3. The van der Waals surface area contributed by atoms with Crippen LogP contribution in [0.15, 0.2) is 12.4 Å². The molecule has 1 heterocycles. The monoisotopic (exact) mass is 279 g/mol. The largest absolute Gasteiger partial charge is 0.317 e. The quantitative estimate of drug-likeness (QED) is 0.582. The first-order chi connectivity index (χ1) is 9.80. The Labute approximate surface area is 125 Å². The van der Waals surface area contributed by atoms with Crippen molar-refractivity contribution in [2.75, 3.05) is 7.05 Å². The van der Waals surface area contributed by atoms with Crippen LogP contribution < -0.4 is 5.32 Å². The Hall–Kier alpha value is -0.830. The molecule has 116 valence electrons. The van der Waals surface area contributed by atoms with Gasteiger partial charge in [0.15, 0.2) is 0 Å². The van der Waals surface area contributed by atoms with Crippen LogP contribution in [0.1, 0.15) is 70.8 Å². The Morgan fingerprint density at radius 3 is 2.40 bits per heavy atom. The van der Waals surface area contributed by atoms with E-state index in [2.05, 4.69) is 37.5 Å². The maximum absolute atomic E-state index is 4.35. The highest BCUT2D eigenvalue weighted by molar-refractivity contribution is 5.06. The molecule has 0 spiro atoms. The number of aromatic nitrogens is 2. The third kappa shape index (κ3) is 7.09. The lowest BCUT2D eigenvalue weighted by Gasteiger charge is -2.15. The van der Waals surface area contributed by atoms with Crippen molar-refractivity contribution in [2.45, 2.75) is 84.2 Å². The summed E-state index contributed by atoms with van der Waals surface area (Å²) in [5.74, 6) is 0. The first kappa shape index (κ1) is 17.2. The highest BCUT2D eigenvalue weighted by Gasteiger charge is 2.08. The number of likely N-dealkylation sites (N-methyl/N-ethyl adjacent to an activating group) is 1. The van der Waals surface area contributed by atoms with E-state index in [-0.39, 0.29) is 0 Å². The molecule has 1 atom stereocenters. The van der Waals surface area contributed by atoms with Crippen LogP contribution in [-0.2, 0) is 13.0 Å². The number of nitrogens with zero attached hydrogens (tertiary/aromatic N) is 2. The second kappa shape index (κ2) is 10.9. The Morgan fingerprint density at radius 2 is 1.80 bits per heavy atom. The van der Waals surface area contributed by atoms with Gasteiger partial charge in [-0.3, -0.25) is 4.68 Å². The van der Waals surface area contributed by atoms with Crippen molar-refractivity contribution in [2.24, 2.45) is 0 Å². The molecule has 0 bridgehead atoms. The highest BCUT2D eigenvalue weighted by atomic mass is 15.3. The first-order valence-electron chi connectivity index (χ1n) is 8.48. The molecule has 1 N–H and O–H groups in total. The Bertz CT molecular complexity index is 333. The predicted octanol–water partition coefficient (Wildman–Crippen LogP) is 4.17. The molecule has 1 unspecified atom stereocenters. The van der Waals surface area contributed by atoms with Gasteiger partial charge in [0, 0.05) is 18.8 Å². The third-order valence-electron chi connectivity index (χ3n) is 4.06. The SMILES string of the molecule is CCCCCCCCCC(Cc1cnn(CC)c1)NC. The number of hydrogen-bond donors (Lipinski definition) is 1. The van der Waals surface area contributed by atoms with Gasteiger partial charge in [-0.15, -0.1) is 0 Å². The van der Waals surface area contributed by atoms with Crippen LogP contribution in [0.4, 0.5) is 0 Å². The molecule has 1 rings (SSSR count). The third-order valence-corrected chi connectivity index (χ3v) is 4.06. The van der Waals surface area contributed by atoms with Gasteiger partial charge in [0.05, 0.1) is 6.20 Å². The lowest BCUT2D eigenvalue weighted by atomic mass is 10.0. The molecule has 1 aromatic rings. The van der Waals surface area contributed by atoms with E-state index in [0.29, 0.717) is 6.04 Å². The molecule has 0 saturated carbocycles. The summed E-state index contributed by atoms with van der Waals surface area (Å²) in [5.41, 5.74) is 1.36. The van der Waals surface area contributed by atoms with Crippen molar-refractivity contribution in [1.29, 1.82) is 0 Å². The van der Waals surface area contributed by atoms with E-state index in [0.717, 1.165) is 13.0 Å². The lowest BCUT2D eigenvalue weighted by Crippen LogP contribution is -2.27. The summed E-state index contributed by atoms with van der Waals surface area (Å²) in [6, 6.07) is 0.597. The molecule has 0 radical (unpaired) electrons. The van der Waals surface area contributed by atoms with Gasteiger partial charge in [-0.25, -0.2) is 0 Å². The van der Waals surface area contributed by atoms with Gasteiger partial charge < -0.3 is 5.32 Å². The molecule has 3 heteroatoms. The topological polar surface area (TPSA) is 29.9 Å². The van der Waals surface area contributed by atoms with Gasteiger partial charge in [0.1, 0.15) is 0 Å². The minimum Gasteiger partial charge on any atom is -0.317 e. The summed E-state index contributed by atoms with van der Waals surface area (Å²) in [4.78, 5) is 0. The van der Waals surface area contributed by atoms with E-state index in [1.165, 1.54) is 56.9 Å². The maximum atomic E-state index is 4.35. The van der Waals surface area contributed by atoms with Gasteiger partial charge in [-0.1, -0.05) is 51.9 Å². The van der Waals surface area contributed by atoms with Crippen LogP contribution in [-0.4, -0.2) is 22.9 Å². The molecular weight excluding hydrogens is 246 g/mol. The molecule has 0 aromatic carbocycles. The fourth-order valence-electron chi connectivity index (χ4n) is 2.67. The molecule has 0 aliphatic rings. The van der Waals surface area contributed by atoms with Crippen LogP contribution >= 0.6 is 0 Å². The van der Waals surface area contributed by atoms with Crippen LogP contribution in [0, 0.1) is 0 Å². The van der Waals surface area contributed by atoms with E-state index < -0.39 is 0 Å². The van der Waals surface area contributed by atoms with Gasteiger partial charge in [-0.05, 0) is 32.4 Å². The average molecular weight is 279 g/mol. The molecule has 3 nitrogen and oxygen atoms in total. The van der Waals surface area contributed by atoms with Crippen molar-refractivity contribution in [3.8, 4) is 0 Å². The average Bonchev–Trinajstić information content (AvgIpc) is 2.92. The second-order valence-corrected chi connectivity index (χ2v) is 5.80. The van der Waals surface area contributed by atoms with Crippen molar-refractivity contribution in [3.63, 3.8) is 0 Å². The van der Waals surface area contributed by atoms with Crippen molar-refractivity contribution < 1.29 is 0 Å². The minimum atomic E-state index is 0.597. The Kier molecular flexibility index (Phi) is 9.38. The van der Waals surface area contributed by atoms with E-state index in [1.807, 2.05) is 10.9 Å². The first-order valence-corrected chi connectivity index (χ1v) is 8.48. The number of unbranched alkanes of at least 4 members (excludes halogenated alkanes) is 6. The zero-order valence-corrected chi connectivity index (χ0v) is 13.7. The number of rotatable bonds is 12. The van der Waals surface area contributed by atoms with Crippen LogP contribution in [0.5, 0.6) is 0 Å². The Morgan fingerprint density at radius 1 is 1.10 bits per heavy atom. The van der Waals surface area contributed by atoms with Crippen molar-refractivity contribution in [1.82, 2.24) is 15.1 Å². The molecular formula is C17H33N3. The maximum Gasteiger partial charge on any atom is 0.0522 e. The zero-order valence-electron chi connectivity index (χ0n) is 13.7. The lowest BCUT2D eigenvalue weighted by molar-refractivity contribution is 0.478. The second-order valence-electron chi connectivity index (χ2n) is 5.80. The van der Waals surface area contributed by atoms with E-state index in [1.54, 1.807) is 0 Å². The van der Waals surface area contributed by atoms with Crippen LogP contribution in [0.3, 0.4) is 0 Å². The molecule has 0 amide bonds. The summed E-state index contributed by atoms with van der Waals surface area (Å²) in [5, 5.41) is 7.80. The van der Waals surface area contributed by atoms with E-state index in [4.69, 9.17) is 0 Å². The smallest absolute Gasteiger partial charge is 0.0522 e. The van der Waals surface area contributed by atoms with E-state index >= 15 is 0 Å². The molecule has 1 aromatic heterocycles.